The van der Waals surface area contributed by atoms with Crippen LogP contribution >= 0.6 is 0 Å². The van der Waals surface area contributed by atoms with E-state index in [1.165, 1.54) is 32.1 Å². The van der Waals surface area contributed by atoms with E-state index in [9.17, 15) is 0 Å². The van der Waals surface area contributed by atoms with E-state index in [1.54, 1.807) is 0 Å². The van der Waals surface area contributed by atoms with Crippen LogP contribution < -0.4 is 0 Å². The van der Waals surface area contributed by atoms with Crippen molar-refractivity contribution >= 4 is 0 Å². The Bertz CT molecular complexity index is 310. The lowest BCUT2D eigenvalue weighted by atomic mass is 9.90. The molecule has 1 rings (SSSR count). The van der Waals surface area contributed by atoms with E-state index in [-0.39, 0.29) is 0 Å². The first-order valence-corrected chi connectivity index (χ1v) is 6.90. The maximum atomic E-state index is 4.19. The molecule has 3 heteroatoms. The molecule has 0 aliphatic carbocycles. The maximum absolute atomic E-state index is 4.19. The number of hydrogen-bond donors (Lipinski definition) is 0. The van der Waals surface area contributed by atoms with Gasteiger partial charge in [-0.2, -0.15) is 0 Å². The van der Waals surface area contributed by atoms with Crippen LogP contribution in [0.4, 0.5) is 0 Å². The van der Waals surface area contributed by atoms with Gasteiger partial charge in [-0.25, -0.2) is 0 Å². The third kappa shape index (κ3) is 6.44. The number of hydrogen-bond acceptors (Lipinski definition) is 2. The molecular formula is C14H27N3. The van der Waals surface area contributed by atoms with Crippen molar-refractivity contribution in [1.82, 2.24) is 15.0 Å². The van der Waals surface area contributed by atoms with Gasteiger partial charge in [0.2, 0.25) is 0 Å². The summed E-state index contributed by atoms with van der Waals surface area (Å²) in [7, 11) is 0. The van der Waals surface area contributed by atoms with Crippen molar-refractivity contribution in [2.75, 3.05) is 0 Å². The molecule has 0 bridgehead atoms. The number of aromatic nitrogens is 3. The molecule has 0 aromatic carbocycles. The van der Waals surface area contributed by atoms with Crippen molar-refractivity contribution < 1.29 is 0 Å². The first-order chi connectivity index (χ1) is 8.01. The van der Waals surface area contributed by atoms with Crippen LogP contribution in [0.25, 0.3) is 0 Å². The summed E-state index contributed by atoms with van der Waals surface area (Å²) in [6.45, 7) is 10.1. The molecule has 1 aromatic rings. The van der Waals surface area contributed by atoms with Crippen molar-refractivity contribution in [2.24, 2.45) is 5.41 Å². The van der Waals surface area contributed by atoms with Crippen molar-refractivity contribution in [2.45, 2.75) is 72.8 Å². The van der Waals surface area contributed by atoms with E-state index in [1.807, 2.05) is 4.68 Å². The number of nitrogens with zero attached hydrogens (tertiary/aromatic N) is 3. The van der Waals surface area contributed by atoms with Crippen LogP contribution in [0, 0.1) is 5.41 Å². The Kier molecular flexibility index (Phi) is 5.66. The topological polar surface area (TPSA) is 30.7 Å². The monoisotopic (exact) mass is 237 g/mol. The van der Waals surface area contributed by atoms with Gasteiger partial charge in [0.15, 0.2) is 0 Å². The Labute approximate surface area is 106 Å². The largest absolute Gasteiger partial charge is 0.252 e. The minimum Gasteiger partial charge on any atom is -0.252 e. The molecule has 0 aliphatic heterocycles. The lowest BCUT2D eigenvalue weighted by Crippen LogP contribution is -2.06. The number of unbranched alkanes of at least 4 members (excludes halogenated alkanes) is 2. The third-order valence-corrected chi connectivity index (χ3v) is 2.94. The zero-order valence-corrected chi connectivity index (χ0v) is 11.9. The molecule has 0 unspecified atom stereocenters. The highest BCUT2D eigenvalue weighted by Gasteiger charge is 2.09. The molecule has 0 spiro atoms. The lowest BCUT2D eigenvalue weighted by Gasteiger charge is -2.17. The lowest BCUT2D eigenvalue weighted by molar-refractivity contribution is 0.352. The van der Waals surface area contributed by atoms with Crippen LogP contribution in [0.5, 0.6) is 0 Å². The molecule has 0 radical (unpaired) electrons. The highest BCUT2D eigenvalue weighted by Crippen LogP contribution is 2.21. The smallest absolute Gasteiger partial charge is 0.0827 e. The van der Waals surface area contributed by atoms with Gasteiger partial charge in [0.25, 0.3) is 0 Å². The van der Waals surface area contributed by atoms with Gasteiger partial charge >= 0.3 is 0 Å². The Balaban J connectivity index is 2.21. The molecule has 0 saturated heterocycles. The van der Waals surface area contributed by atoms with Gasteiger partial charge < -0.3 is 0 Å². The van der Waals surface area contributed by atoms with Gasteiger partial charge in [-0.15, -0.1) is 5.10 Å². The fourth-order valence-corrected chi connectivity index (χ4v) is 1.85. The zero-order valence-electron chi connectivity index (χ0n) is 11.9. The fourth-order valence-electron chi connectivity index (χ4n) is 1.85. The van der Waals surface area contributed by atoms with Gasteiger partial charge in [-0.05, 0) is 31.1 Å². The molecule has 0 N–H and O–H groups in total. The normalized spacial score (nSPS) is 12.0. The molecule has 1 heterocycles. The standard InChI is InChI=1S/C14H27N3/c1-5-6-9-13-12-17(16-15-13)11-8-7-10-14(2,3)4/h12H,5-11H2,1-4H3. The van der Waals surface area contributed by atoms with Crippen molar-refractivity contribution in [3.8, 4) is 0 Å². The highest BCUT2D eigenvalue weighted by atomic mass is 15.4. The molecule has 0 fully saturated rings. The van der Waals surface area contributed by atoms with E-state index < -0.39 is 0 Å². The fraction of sp³-hybridized carbons (Fsp3) is 0.857. The van der Waals surface area contributed by atoms with Gasteiger partial charge in [0, 0.05) is 12.7 Å². The summed E-state index contributed by atoms with van der Waals surface area (Å²) in [5.74, 6) is 0. The van der Waals surface area contributed by atoms with Crippen LogP contribution in [0.1, 0.15) is 65.5 Å². The van der Waals surface area contributed by atoms with Crippen LogP contribution in [0.3, 0.4) is 0 Å². The molecule has 0 atom stereocenters. The van der Waals surface area contributed by atoms with E-state index in [0.29, 0.717) is 5.41 Å². The Hall–Kier alpha value is -0.860. The molecule has 98 valence electrons. The second kappa shape index (κ2) is 6.77. The summed E-state index contributed by atoms with van der Waals surface area (Å²) in [6.07, 6.45) is 9.36. The quantitative estimate of drug-likeness (QED) is 0.675. The van der Waals surface area contributed by atoms with Crippen LogP contribution in [0.15, 0.2) is 6.20 Å². The molecule has 1 aromatic heterocycles. The minimum absolute atomic E-state index is 0.453. The van der Waals surface area contributed by atoms with Crippen molar-refractivity contribution in [1.29, 1.82) is 0 Å². The summed E-state index contributed by atoms with van der Waals surface area (Å²) in [4.78, 5) is 0. The summed E-state index contributed by atoms with van der Waals surface area (Å²) < 4.78 is 1.99. The highest BCUT2D eigenvalue weighted by molar-refractivity contribution is 4.91. The van der Waals surface area contributed by atoms with Gasteiger partial charge in [0.1, 0.15) is 0 Å². The maximum Gasteiger partial charge on any atom is 0.0827 e. The number of aryl methyl sites for hydroxylation is 2. The minimum atomic E-state index is 0.453. The molecule has 0 amide bonds. The van der Waals surface area contributed by atoms with Gasteiger partial charge in [-0.3, -0.25) is 4.68 Å². The van der Waals surface area contributed by atoms with E-state index >= 15 is 0 Å². The first-order valence-electron chi connectivity index (χ1n) is 6.90. The molecule has 3 nitrogen and oxygen atoms in total. The third-order valence-electron chi connectivity index (χ3n) is 2.94. The predicted octanol–water partition coefficient (Wildman–Crippen LogP) is 3.84. The second-order valence-corrected chi connectivity index (χ2v) is 6.09. The first kappa shape index (κ1) is 14.2. The zero-order chi connectivity index (χ0) is 12.7. The SMILES string of the molecule is CCCCc1cn(CCCCC(C)(C)C)nn1. The van der Waals surface area contributed by atoms with Crippen LogP contribution in [0.2, 0.25) is 0 Å². The predicted molar refractivity (Wildman–Crippen MR) is 71.9 cm³/mol. The van der Waals surface area contributed by atoms with E-state index in [2.05, 4.69) is 44.2 Å². The number of rotatable bonds is 7. The molecule has 0 saturated carbocycles. The Morgan fingerprint density at radius 2 is 1.94 bits per heavy atom. The molecule has 17 heavy (non-hydrogen) atoms. The van der Waals surface area contributed by atoms with E-state index in [4.69, 9.17) is 0 Å². The summed E-state index contributed by atoms with van der Waals surface area (Å²) in [5.41, 5.74) is 1.59. The van der Waals surface area contributed by atoms with Gasteiger partial charge in [0.05, 0.1) is 5.69 Å². The van der Waals surface area contributed by atoms with Gasteiger partial charge in [-0.1, -0.05) is 45.7 Å². The Morgan fingerprint density at radius 1 is 1.18 bits per heavy atom. The van der Waals surface area contributed by atoms with Crippen LogP contribution in [-0.2, 0) is 13.0 Å². The Morgan fingerprint density at radius 3 is 2.59 bits per heavy atom. The van der Waals surface area contributed by atoms with Crippen LogP contribution in [-0.4, -0.2) is 15.0 Å². The summed E-state index contributed by atoms with van der Waals surface area (Å²) in [6, 6.07) is 0. The molecule has 0 aliphatic rings. The van der Waals surface area contributed by atoms with Crippen molar-refractivity contribution in [3.05, 3.63) is 11.9 Å². The average molecular weight is 237 g/mol. The summed E-state index contributed by atoms with van der Waals surface area (Å²) in [5, 5.41) is 8.36. The average Bonchev–Trinajstić information content (AvgIpc) is 2.68. The molecular weight excluding hydrogens is 210 g/mol. The van der Waals surface area contributed by atoms with Crippen molar-refractivity contribution in [3.63, 3.8) is 0 Å². The van der Waals surface area contributed by atoms with E-state index in [0.717, 1.165) is 18.7 Å². The summed E-state index contributed by atoms with van der Waals surface area (Å²) >= 11 is 0. The second-order valence-electron chi connectivity index (χ2n) is 6.09.